The SMILES string of the molecule is Cc1cc(C=Nc2cccc(C(=O)O)c2)c(C)n1C. The first-order chi connectivity index (χ1) is 8.99. The van der Waals surface area contributed by atoms with Gasteiger partial charge in [0, 0.05) is 30.2 Å². The maximum absolute atomic E-state index is 10.9. The molecule has 98 valence electrons. The fourth-order valence-electron chi connectivity index (χ4n) is 1.88. The number of aromatic nitrogens is 1. The van der Waals surface area contributed by atoms with E-state index in [1.54, 1.807) is 30.5 Å². The Morgan fingerprint density at radius 3 is 2.63 bits per heavy atom. The second-order valence-corrected chi connectivity index (χ2v) is 4.50. The van der Waals surface area contributed by atoms with Crippen molar-refractivity contribution in [3.05, 3.63) is 52.8 Å². The summed E-state index contributed by atoms with van der Waals surface area (Å²) in [5.74, 6) is -0.941. The summed E-state index contributed by atoms with van der Waals surface area (Å²) in [6, 6.07) is 8.65. The summed E-state index contributed by atoms with van der Waals surface area (Å²) in [4.78, 5) is 15.2. The van der Waals surface area contributed by atoms with Gasteiger partial charge in [0.15, 0.2) is 0 Å². The van der Waals surface area contributed by atoms with Crippen LogP contribution < -0.4 is 0 Å². The number of carbonyl (C=O) groups is 1. The molecule has 0 aliphatic carbocycles. The maximum atomic E-state index is 10.9. The number of aliphatic imine (C=N–C) groups is 1. The Balaban J connectivity index is 2.30. The molecule has 0 atom stereocenters. The molecule has 2 rings (SSSR count). The molecule has 1 aromatic heterocycles. The van der Waals surface area contributed by atoms with Crippen molar-refractivity contribution in [1.29, 1.82) is 0 Å². The van der Waals surface area contributed by atoms with Crippen molar-refractivity contribution < 1.29 is 9.90 Å². The molecule has 0 amide bonds. The van der Waals surface area contributed by atoms with E-state index in [0.29, 0.717) is 5.69 Å². The third kappa shape index (κ3) is 2.73. The van der Waals surface area contributed by atoms with Crippen LogP contribution >= 0.6 is 0 Å². The number of carboxylic acid groups (broad SMARTS) is 1. The summed E-state index contributed by atoms with van der Waals surface area (Å²) < 4.78 is 2.09. The first-order valence-corrected chi connectivity index (χ1v) is 5.99. The lowest BCUT2D eigenvalue weighted by molar-refractivity contribution is 0.0697. The van der Waals surface area contributed by atoms with Gasteiger partial charge in [0.1, 0.15) is 0 Å². The molecular weight excluding hydrogens is 240 g/mol. The monoisotopic (exact) mass is 256 g/mol. The summed E-state index contributed by atoms with van der Waals surface area (Å²) in [7, 11) is 2.01. The van der Waals surface area contributed by atoms with Crippen molar-refractivity contribution >= 4 is 17.9 Å². The molecule has 0 unspecified atom stereocenters. The lowest BCUT2D eigenvalue weighted by atomic mass is 10.2. The van der Waals surface area contributed by atoms with Crippen molar-refractivity contribution in [2.75, 3.05) is 0 Å². The Labute approximate surface area is 112 Å². The van der Waals surface area contributed by atoms with Crippen molar-refractivity contribution in [2.24, 2.45) is 12.0 Å². The predicted octanol–water partition coefficient (Wildman–Crippen LogP) is 3.09. The second kappa shape index (κ2) is 5.10. The van der Waals surface area contributed by atoms with E-state index in [-0.39, 0.29) is 5.56 Å². The molecule has 0 bridgehead atoms. The van der Waals surface area contributed by atoms with E-state index >= 15 is 0 Å². The van der Waals surface area contributed by atoms with Crippen molar-refractivity contribution in [3.8, 4) is 0 Å². The number of carboxylic acids is 1. The fraction of sp³-hybridized carbons (Fsp3) is 0.200. The molecule has 0 saturated heterocycles. The fourth-order valence-corrected chi connectivity index (χ4v) is 1.88. The normalized spacial score (nSPS) is 11.1. The number of nitrogens with zero attached hydrogens (tertiary/aromatic N) is 2. The van der Waals surface area contributed by atoms with Gasteiger partial charge < -0.3 is 9.67 Å². The lowest BCUT2D eigenvalue weighted by Gasteiger charge is -1.99. The van der Waals surface area contributed by atoms with Crippen LogP contribution in [-0.2, 0) is 7.05 Å². The van der Waals surface area contributed by atoms with Crippen LogP contribution in [0.1, 0.15) is 27.3 Å². The number of aromatic carboxylic acids is 1. The van der Waals surface area contributed by atoms with Crippen LogP contribution in [0.3, 0.4) is 0 Å². The smallest absolute Gasteiger partial charge is 0.335 e. The quantitative estimate of drug-likeness (QED) is 0.858. The standard InChI is InChI=1S/C15H16N2O2/c1-10-7-13(11(2)17(10)3)9-16-14-6-4-5-12(8-14)15(18)19/h4-9H,1-3H3,(H,18,19). The number of rotatable bonds is 3. The summed E-state index contributed by atoms with van der Waals surface area (Å²) in [5, 5.41) is 8.92. The Kier molecular flexibility index (Phi) is 3.51. The van der Waals surface area contributed by atoms with E-state index in [0.717, 1.165) is 11.3 Å². The van der Waals surface area contributed by atoms with Gasteiger partial charge >= 0.3 is 5.97 Å². The first-order valence-electron chi connectivity index (χ1n) is 5.99. The molecular formula is C15H16N2O2. The molecule has 4 heteroatoms. The zero-order valence-corrected chi connectivity index (χ0v) is 11.2. The van der Waals surface area contributed by atoms with Crippen molar-refractivity contribution in [2.45, 2.75) is 13.8 Å². The lowest BCUT2D eigenvalue weighted by Crippen LogP contribution is -1.95. The summed E-state index contributed by atoms with van der Waals surface area (Å²) in [6.45, 7) is 4.07. The molecule has 1 N–H and O–H groups in total. The third-order valence-corrected chi connectivity index (χ3v) is 3.26. The highest BCUT2D eigenvalue weighted by Gasteiger charge is 2.04. The van der Waals surface area contributed by atoms with Crippen LogP contribution in [-0.4, -0.2) is 21.9 Å². The highest BCUT2D eigenvalue weighted by atomic mass is 16.4. The summed E-state index contributed by atoms with van der Waals surface area (Å²) >= 11 is 0. The molecule has 1 heterocycles. The Hall–Kier alpha value is -2.36. The third-order valence-electron chi connectivity index (χ3n) is 3.26. The van der Waals surface area contributed by atoms with Crippen LogP contribution in [0.2, 0.25) is 0 Å². The average molecular weight is 256 g/mol. The molecule has 19 heavy (non-hydrogen) atoms. The van der Waals surface area contributed by atoms with Gasteiger partial charge in [0.05, 0.1) is 11.3 Å². The maximum Gasteiger partial charge on any atom is 0.335 e. The second-order valence-electron chi connectivity index (χ2n) is 4.50. The topological polar surface area (TPSA) is 54.6 Å². The van der Waals surface area contributed by atoms with Crippen molar-refractivity contribution in [3.63, 3.8) is 0 Å². The molecule has 0 saturated carbocycles. The summed E-state index contributed by atoms with van der Waals surface area (Å²) in [6.07, 6.45) is 1.77. The van der Waals surface area contributed by atoms with Gasteiger partial charge in [-0.3, -0.25) is 4.99 Å². The highest BCUT2D eigenvalue weighted by Crippen LogP contribution is 2.16. The average Bonchev–Trinajstić information content (AvgIpc) is 2.64. The number of aryl methyl sites for hydroxylation is 1. The van der Waals surface area contributed by atoms with Gasteiger partial charge in [-0.1, -0.05) is 6.07 Å². The number of benzene rings is 1. The van der Waals surface area contributed by atoms with E-state index in [4.69, 9.17) is 5.11 Å². The Morgan fingerprint density at radius 1 is 1.32 bits per heavy atom. The highest BCUT2D eigenvalue weighted by molar-refractivity contribution is 5.89. The van der Waals surface area contributed by atoms with Gasteiger partial charge in [-0.25, -0.2) is 4.79 Å². The first kappa shape index (κ1) is 13.1. The van der Waals surface area contributed by atoms with E-state index in [2.05, 4.69) is 15.6 Å². The zero-order valence-electron chi connectivity index (χ0n) is 11.2. The molecule has 4 nitrogen and oxygen atoms in total. The molecule has 0 aliphatic heterocycles. The number of hydrogen-bond donors (Lipinski definition) is 1. The van der Waals surface area contributed by atoms with Crippen LogP contribution in [0.4, 0.5) is 5.69 Å². The van der Waals surface area contributed by atoms with E-state index in [1.165, 1.54) is 5.69 Å². The van der Waals surface area contributed by atoms with Gasteiger partial charge in [-0.05, 0) is 38.1 Å². The van der Waals surface area contributed by atoms with Gasteiger partial charge in [0.25, 0.3) is 0 Å². The summed E-state index contributed by atoms with van der Waals surface area (Å²) in [5.41, 5.74) is 4.23. The van der Waals surface area contributed by atoms with E-state index < -0.39 is 5.97 Å². The minimum Gasteiger partial charge on any atom is -0.478 e. The minimum absolute atomic E-state index is 0.246. The van der Waals surface area contributed by atoms with Crippen LogP contribution in [0.5, 0.6) is 0 Å². The van der Waals surface area contributed by atoms with E-state index in [9.17, 15) is 4.79 Å². The Morgan fingerprint density at radius 2 is 2.05 bits per heavy atom. The van der Waals surface area contributed by atoms with Gasteiger partial charge in [-0.2, -0.15) is 0 Å². The van der Waals surface area contributed by atoms with E-state index in [1.807, 2.05) is 20.9 Å². The van der Waals surface area contributed by atoms with Crippen molar-refractivity contribution in [1.82, 2.24) is 4.57 Å². The number of hydrogen-bond acceptors (Lipinski definition) is 2. The molecule has 0 aliphatic rings. The minimum atomic E-state index is -0.941. The van der Waals surface area contributed by atoms with Gasteiger partial charge in [0.2, 0.25) is 0 Å². The molecule has 2 aromatic rings. The predicted molar refractivity (Wildman–Crippen MR) is 75.5 cm³/mol. The van der Waals surface area contributed by atoms with Crippen LogP contribution in [0, 0.1) is 13.8 Å². The molecule has 1 aromatic carbocycles. The zero-order chi connectivity index (χ0) is 14.0. The Bertz CT molecular complexity index is 654. The molecule has 0 radical (unpaired) electrons. The largest absolute Gasteiger partial charge is 0.478 e. The molecule has 0 spiro atoms. The molecule has 0 fully saturated rings. The van der Waals surface area contributed by atoms with Crippen LogP contribution in [0.15, 0.2) is 35.3 Å². The van der Waals surface area contributed by atoms with Gasteiger partial charge in [-0.15, -0.1) is 0 Å². The van der Waals surface area contributed by atoms with Crippen LogP contribution in [0.25, 0.3) is 0 Å².